The molecule has 2 aromatic heterocycles. The molecule has 2 heterocycles. The quantitative estimate of drug-likeness (QED) is 0.419. The number of aryl methyl sites for hydroxylation is 1. The number of hydrogen-bond donors (Lipinski definition) is 0. The average molecular weight is 388 g/mol. The molecule has 0 unspecified atom stereocenters. The zero-order valence-electron chi connectivity index (χ0n) is 14.1. The van der Waals surface area contributed by atoms with Crippen LogP contribution in [-0.2, 0) is 6.18 Å². The molecule has 0 N–H and O–H groups in total. The van der Waals surface area contributed by atoms with E-state index < -0.39 is 11.9 Å². The minimum absolute atomic E-state index is 0.156. The summed E-state index contributed by atoms with van der Waals surface area (Å²) in [5.41, 5.74) is 1.93. The number of alkyl halides is 3. The van der Waals surface area contributed by atoms with Crippen LogP contribution in [0.2, 0.25) is 5.02 Å². The first-order valence-electron chi connectivity index (χ1n) is 8.13. The van der Waals surface area contributed by atoms with Crippen LogP contribution in [0.5, 0.6) is 0 Å². The fraction of sp³-hybridized carbons (Fsp3) is 0.100. The molecule has 2 aromatic carbocycles. The summed E-state index contributed by atoms with van der Waals surface area (Å²) in [7, 11) is 0. The van der Waals surface area contributed by atoms with Gasteiger partial charge in [-0.25, -0.2) is 9.50 Å². The third-order valence-corrected chi connectivity index (χ3v) is 4.44. The highest BCUT2D eigenvalue weighted by Crippen LogP contribution is 2.38. The summed E-state index contributed by atoms with van der Waals surface area (Å²) >= 11 is 5.97. The number of nitrogens with zero attached hydrogens (tertiary/aromatic N) is 3. The molecule has 4 aromatic rings. The second kappa shape index (κ2) is 6.39. The molecule has 0 fully saturated rings. The SMILES string of the molecule is Cc1cc(C(F)(F)F)n2nc(-c3ccccc3)c(-c3ccc(Cl)cc3)c2n1. The standard InChI is InChI=1S/C20H13ClF3N3/c1-12-11-16(20(22,23)24)27-19(25-12)17(13-7-9-15(21)10-8-13)18(26-27)14-5-3-2-4-6-14/h2-11H,1H3. The molecular weight excluding hydrogens is 375 g/mol. The minimum Gasteiger partial charge on any atom is -0.233 e. The Morgan fingerprint density at radius 2 is 1.59 bits per heavy atom. The van der Waals surface area contributed by atoms with E-state index in [9.17, 15) is 13.2 Å². The van der Waals surface area contributed by atoms with Crippen LogP contribution in [0.3, 0.4) is 0 Å². The maximum Gasteiger partial charge on any atom is 0.433 e. The van der Waals surface area contributed by atoms with Gasteiger partial charge in [0.25, 0.3) is 0 Å². The molecule has 0 aliphatic heterocycles. The van der Waals surface area contributed by atoms with Crippen LogP contribution in [0, 0.1) is 6.92 Å². The lowest BCUT2D eigenvalue weighted by Crippen LogP contribution is -2.13. The minimum atomic E-state index is -4.55. The number of hydrogen-bond acceptors (Lipinski definition) is 2. The van der Waals surface area contributed by atoms with Gasteiger partial charge < -0.3 is 0 Å². The largest absolute Gasteiger partial charge is 0.433 e. The summed E-state index contributed by atoms with van der Waals surface area (Å²) < 4.78 is 41.6. The Kier molecular flexibility index (Phi) is 4.15. The smallest absolute Gasteiger partial charge is 0.233 e. The molecule has 0 saturated heterocycles. The number of halogens is 4. The molecule has 0 spiro atoms. The van der Waals surface area contributed by atoms with Crippen molar-refractivity contribution in [1.82, 2.24) is 14.6 Å². The van der Waals surface area contributed by atoms with Crippen molar-refractivity contribution in [2.75, 3.05) is 0 Å². The third-order valence-electron chi connectivity index (χ3n) is 4.19. The van der Waals surface area contributed by atoms with Crippen molar-refractivity contribution >= 4 is 17.2 Å². The second-order valence-corrected chi connectivity index (χ2v) is 6.55. The lowest BCUT2D eigenvalue weighted by molar-refractivity contribution is -0.142. The summed E-state index contributed by atoms with van der Waals surface area (Å²) in [5.74, 6) is 0. The number of benzene rings is 2. The van der Waals surface area contributed by atoms with Crippen molar-refractivity contribution in [2.45, 2.75) is 13.1 Å². The van der Waals surface area contributed by atoms with Gasteiger partial charge in [-0.15, -0.1) is 0 Å². The van der Waals surface area contributed by atoms with Gasteiger partial charge in [0.2, 0.25) is 0 Å². The molecule has 0 saturated carbocycles. The third kappa shape index (κ3) is 3.17. The Morgan fingerprint density at radius 3 is 2.22 bits per heavy atom. The van der Waals surface area contributed by atoms with Gasteiger partial charge in [0.1, 0.15) is 11.4 Å². The summed E-state index contributed by atoms with van der Waals surface area (Å²) in [6.45, 7) is 1.54. The molecule has 0 radical (unpaired) electrons. The van der Waals surface area contributed by atoms with Gasteiger partial charge in [-0.3, -0.25) is 0 Å². The Bertz CT molecular complexity index is 1120. The zero-order valence-corrected chi connectivity index (χ0v) is 14.9. The Labute approximate surface area is 158 Å². The predicted molar refractivity (Wildman–Crippen MR) is 98.6 cm³/mol. The molecule has 136 valence electrons. The van der Waals surface area contributed by atoms with Crippen molar-refractivity contribution in [3.63, 3.8) is 0 Å². The predicted octanol–water partition coefficient (Wildman–Crippen LogP) is 6.04. The summed E-state index contributed by atoms with van der Waals surface area (Å²) in [5, 5.41) is 4.83. The lowest BCUT2D eigenvalue weighted by Gasteiger charge is -2.09. The highest BCUT2D eigenvalue weighted by Gasteiger charge is 2.36. The maximum atomic E-state index is 13.6. The van der Waals surface area contributed by atoms with Crippen molar-refractivity contribution in [1.29, 1.82) is 0 Å². The number of aromatic nitrogens is 3. The fourth-order valence-corrected chi connectivity index (χ4v) is 3.15. The molecule has 0 amide bonds. The van der Waals surface area contributed by atoms with Gasteiger partial charge in [-0.2, -0.15) is 18.3 Å². The van der Waals surface area contributed by atoms with Gasteiger partial charge >= 0.3 is 6.18 Å². The van der Waals surface area contributed by atoms with Gasteiger partial charge in [0.05, 0.1) is 5.56 Å². The molecule has 27 heavy (non-hydrogen) atoms. The molecule has 7 heteroatoms. The van der Waals surface area contributed by atoms with E-state index >= 15 is 0 Å². The first-order chi connectivity index (χ1) is 12.8. The average Bonchev–Trinajstić information content (AvgIpc) is 3.01. The molecule has 3 nitrogen and oxygen atoms in total. The number of fused-ring (bicyclic) bond motifs is 1. The van der Waals surface area contributed by atoms with Gasteiger partial charge in [-0.05, 0) is 30.7 Å². The van der Waals surface area contributed by atoms with Crippen LogP contribution in [0.15, 0.2) is 60.7 Å². The van der Waals surface area contributed by atoms with Gasteiger partial charge in [0, 0.05) is 16.3 Å². The van der Waals surface area contributed by atoms with E-state index in [1.807, 2.05) is 18.2 Å². The normalized spacial score (nSPS) is 11.9. The van der Waals surface area contributed by atoms with Crippen LogP contribution in [0.4, 0.5) is 13.2 Å². The molecule has 0 bridgehead atoms. The van der Waals surface area contributed by atoms with Crippen LogP contribution < -0.4 is 0 Å². The van der Waals surface area contributed by atoms with E-state index in [1.165, 1.54) is 6.92 Å². The molecule has 0 aliphatic carbocycles. The van der Waals surface area contributed by atoms with Crippen molar-refractivity contribution < 1.29 is 13.2 Å². The maximum absolute atomic E-state index is 13.6. The van der Waals surface area contributed by atoms with E-state index in [-0.39, 0.29) is 11.3 Å². The Morgan fingerprint density at radius 1 is 0.926 bits per heavy atom. The first kappa shape index (κ1) is 17.5. The van der Waals surface area contributed by atoms with Crippen molar-refractivity contribution in [3.05, 3.63) is 77.1 Å². The topological polar surface area (TPSA) is 30.2 Å². The number of rotatable bonds is 2. The Hall–Kier alpha value is -2.86. The van der Waals surface area contributed by atoms with E-state index in [0.717, 1.165) is 10.6 Å². The van der Waals surface area contributed by atoms with E-state index in [2.05, 4.69) is 10.1 Å². The lowest BCUT2D eigenvalue weighted by atomic mass is 10.0. The monoisotopic (exact) mass is 387 g/mol. The van der Waals surface area contributed by atoms with Gasteiger partial charge in [0.15, 0.2) is 5.65 Å². The van der Waals surface area contributed by atoms with Crippen LogP contribution in [0.25, 0.3) is 28.0 Å². The van der Waals surface area contributed by atoms with Crippen molar-refractivity contribution in [2.24, 2.45) is 0 Å². The Balaban J connectivity index is 2.12. The summed E-state index contributed by atoms with van der Waals surface area (Å²) in [6, 6.07) is 17.0. The van der Waals surface area contributed by atoms with E-state index in [1.54, 1.807) is 36.4 Å². The molecule has 0 atom stereocenters. The van der Waals surface area contributed by atoms with Crippen LogP contribution >= 0.6 is 11.6 Å². The van der Waals surface area contributed by atoms with Crippen LogP contribution in [-0.4, -0.2) is 14.6 Å². The molecule has 4 rings (SSSR count). The van der Waals surface area contributed by atoms with E-state index in [4.69, 9.17) is 11.6 Å². The van der Waals surface area contributed by atoms with Crippen molar-refractivity contribution in [3.8, 4) is 22.4 Å². The molecular formula is C20H13ClF3N3. The van der Waals surface area contributed by atoms with Gasteiger partial charge in [-0.1, -0.05) is 54.1 Å². The fourth-order valence-electron chi connectivity index (χ4n) is 3.02. The first-order valence-corrected chi connectivity index (χ1v) is 8.51. The highest BCUT2D eigenvalue weighted by atomic mass is 35.5. The molecule has 0 aliphatic rings. The zero-order chi connectivity index (χ0) is 19.2. The summed E-state index contributed by atoms with van der Waals surface area (Å²) in [6.07, 6.45) is -4.55. The summed E-state index contributed by atoms with van der Waals surface area (Å²) in [4.78, 5) is 4.36. The van der Waals surface area contributed by atoms with Crippen LogP contribution in [0.1, 0.15) is 11.4 Å². The van der Waals surface area contributed by atoms with E-state index in [0.29, 0.717) is 27.4 Å². The second-order valence-electron chi connectivity index (χ2n) is 6.11. The highest BCUT2D eigenvalue weighted by molar-refractivity contribution is 6.30.